The molecule has 0 spiro atoms. The number of aromatic carboxylic acids is 1. The number of nitrogens with two attached hydrogens (primary N) is 1. The quantitative estimate of drug-likeness (QED) is 0.774. The summed E-state index contributed by atoms with van der Waals surface area (Å²) in [6.45, 7) is 0. The van der Waals surface area contributed by atoms with Crippen molar-refractivity contribution in [3.05, 3.63) is 53.6 Å². The Hall–Kier alpha value is -2.89. The van der Waals surface area contributed by atoms with Crippen molar-refractivity contribution in [1.29, 1.82) is 0 Å². The molecule has 0 atom stereocenters. The molecule has 2 aromatic rings. The van der Waals surface area contributed by atoms with E-state index in [4.69, 9.17) is 10.8 Å². The topological polar surface area (TPSA) is 105 Å². The number of anilines is 2. The number of aromatic nitrogens is 1. The van der Waals surface area contributed by atoms with Crippen LogP contribution in [0.2, 0.25) is 0 Å². The van der Waals surface area contributed by atoms with E-state index in [-0.39, 0.29) is 22.8 Å². The molecule has 6 heteroatoms. The minimum absolute atomic E-state index is 0.0658. The zero-order valence-electron chi connectivity index (χ0n) is 9.83. The van der Waals surface area contributed by atoms with Crippen molar-refractivity contribution in [2.45, 2.75) is 0 Å². The van der Waals surface area contributed by atoms with E-state index in [0.717, 1.165) is 0 Å². The number of benzene rings is 1. The van der Waals surface area contributed by atoms with Gasteiger partial charge in [-0.2, -0.15) is 0 Å². The Balaban J connectivity index is 2.28. The Morgan fingerprint density at radius 1 is 1.05 bits per heavy atom. The highest BCUT2D eigenvalue weighted by atomic mass is 16.4. The summed E-state index contributed by atoms with van der Waals surface area (Å²) in [4.78, 5) is 26.9. The standard InChI is InChI=1S/C13H11N3O3/c14-10-6-3-7-11(15-10)16-12(17)8-4-1-2-5-9(8)13(18)19/h1-7H,(H,18,19)(H3,14,15,16,17). The second-order valence-corrected chi connectivity index (χ2v) is 3.75. The highest BCUT2D eigenvalue weighted by Crippen LogP contribution is 2.12. The highest BCUT2D eigenvalue weighted by molar-refractivity contribution is 6.10. The van der Waals surface area contributed by atoms with Crippen molar-refractivity contribution in [2.75, 3.05) is 11.1 Å². The van der Waals surface area contributed by atoms with Gasteiger partial charge in [0.2, 0.25) is 0 Å². The first kappa shape index (κ1) is 12.6. The molecule has 4 N–H and O–H groups in total. The Morgan fingerprint density at radius 2 is 1.74 bits per heavy atom. The lowest BCUT2D eigenvalue weighted by Gasteiger charge is -2.07. The van der Waals surface area contributed by atoms with Crippen LogP contribution in [0.3, 0.4) is 0 Å². The van der Waals surface area contributed by atoms with Crippen LogP contribution in [0.15, 0.2) is 42.5 Å². The first-order valence-corrected chi connectivity index (χ1v) is 5.44. The van der Waals surface area contributed by atoms with Gasteiger partial charge in [-0.05, 0) is 24.3 Å². The summed E-state index contributed by atoms with van der Waals surface area (Å²) in [5.74, 6) is -1.17. The molecule has 0 aliphatic heterocycles. The van der Waals surface area contributed by atoms with Crippen molar-refractivity contribution in [3.8, 4) is 0 Å². The lowest BCUT2D eigenvalue weighted by Crippen LogP contribution is -2.17. The number of carbonyl (C=O) groups is 2. The fourth-order valence-electron chi connectivity index (χ4n) is 1.57. The maximum absolute atomic E-state index is 12.0. The molecule has 1 amide bonds. The molecule has 0 aliphatic carbocycles. The second-order valence-electron chi connectivity index (χ2n) is 3.75. The zero-order chi connectivity index (χ0) is 13.8. The van der Waals surface area contributed by atoms with Gasteiger partial charge >= 0.3 is 5.97 Å². The summed E-state index contributed by atoms with van der Waals surface area (Å²) >= 11 is 0. The number of carboxylic acids is 1. The molecule has 96 valence electrons. The number of nitrogen functional groups attached to an aromatic ring is 1. The number of hydrogen-bond acceptors (Lipinski definition) is 4. The zero-order valence-corrected chi connectivity index (χ0v) is 9.83. The van der Waals surface area contributed by atoms with Crippen molar-refractivity contribution >= 4 is 23.5 Å². The van der Waals surface area contributed by atoms with Crippen molar-refractivity contribution in [3.63, 3.8) is 0 Å². The van der Waals surface area contributed by atoms with Gasteiger partial charge in [0, 0.05) is 0 Å². The minimum atomic E-state index is -1.16. The van der Waals surface area contributed by atoms with E-state index in [9.17, 15) is 9.59 Å². The molecule has 0 aliphatic rings. The third-order valence-electron chi connectivity index (χ3n) is 2.41. The maximum Gasteiger partial charge on any atom is 0.336 e. The number of nitrogens with one attached hydrogen (secondary N) is 1. The van der Waals surface area contributed by atoms with Crippen LogP contribution in [-0.2, 0) is 0 Å². The minimum Gasteiger partial charge on any atom is -0.478 e. The van der Waals surface area contributed by atoms with Crippen LogP contribution in [0.25, 0.3) is 0 Å². The number of amides is 1. The number of pyridine rings is 1. The fourth-order valence-corrected chi connectivity index (χ4v) is 1.57. The molecule has 0 unspecified atom stereocenters. The maximum atomic E-state index is 12.0. The van der Waals surface area contributed by atoms with E-state index >= 15 is 0 Å². The van der Waals surface area contributed by atoms with Crippen LogP contribution < -0.4 is 11.1 Å². The average Bonchev–Trinajstić information content (AvgIpc) is 2.38. The number of carbonyl (C=O) groups excluding carboxylic acids is 1. The second kappa shape index (κ2) is 5.18. The van der Waals surface area contributed by atoms with Gasteiger partial charge in [0.15, 0.2) is 0 Å². The van der Waals surface area contributed by atoms with Crippen LogP contribution in [0.1, 0.15) is 20.7 Å². The number of hydrogen-bond donors (Lipinski definition) is 3. The van der Waals surface area contributed by atoms with Crippen LogP contribution in [0.5, 0.6) is 0 Å². The smallest absolute Gasteiger partial charge is 0.336 e. The van der Waals surface area contributed by atoms with Crippen LogP contribution >= 0.6 is 0 Å². The molecule has 1 heterocycles. The van der Waals surface area contributed by atoms with E-state index in [1.54, 1.807) is 30.3 Å². The van der Waals surface area contributed by atoms with Crippen molar-refractivity contribution < 1.29 is 14.7 Å². The van der Waals surface area contributed by atoms with Gasteiger partial charge in [-0.1, -0.05) is 18.2 Å². The third-order valence-corrected chi connectivity index (χ3v) is 2.41. The number of nitrogens with zero attached hydrogens (tertiary/aromatic N) is 1. The molecule has 1 aromatic carbocycles. The van der Waals surface area contributed by atoms with E-state index in [2.05, 4.69) is 10.3 Å². The fraction of sp³-hybridized carbons (Fsp3) is 0. The van der Waals surface area contributed by atoms with Crippen molar-refractivity contribution in [1.82, 2.24) is 4.98 Å². The molecule has 0 radical (unpaired) electrons. The molecule has 1 aromatic heterocycles. The molecule has 6 nitrogen and oxygen atoms in total. The lowest BCUT2D eigenvalue weighted by molar-refractivity contribution is 0.0692. The van der Waals surface area contributed by atoms with Gasteiger partial charge in [0.25, 0.3) is 5.91 Å². The summed E-state index contributed by atoms with van der Waals surface area (Å²) in [6, 6.07) is 10.7. The Labute approximate surface area is 108 Å². The number of carboxylic acid groups (broad SMARTS) is 1. The molecule has 0 fully saturated rings. The normalized spacial score (nSPS) is 9.89. The summed E-state index contributed by atoms with van der Waals surface area (Å²) in [5, 5.41) is 11.5. The van der Waals surface area contributed by atoms with Gasteiger partial charge in [0.1, 0.15) is 11.6 Å². The molecular weight excluding hydrogens is 246 g/mol. The largest absolute Gasteiger partial charge is 0.478 e. The van der Waals surface area contributed by atoms with Crippen LogP contribution in [0.4, 0.5) is 11.6 Å². The SMILES string of the molecule is Nc1cccc(NC(=O)c2ccccc2C(=O)O)n1. The molecular formula is C13H11N3O3. The summed E-state index contributed by atoms with van der Waals surface area (Å²) in [7, 11) is 0. The monoisotopic (exact) mass is 257 g/mol. The van der Waals surface area contributed by atoms with E-state index in [0.29, 0.717) is 0 Å². The van der Waals surface area contributed by atoms with Gasteiger partial charge in [-0.3, -0.25) is 4.79 Å². The van der Waals surface area contributed by atoms with Gasteiger partial charge in [0.05, 0.1) is 11.1 Å². The van der Waals surface area contributed by atoms with Gasteiger partial charge in [-0.15, -0.1) is 0 Å². The number of rotatable bonds is 3. The van der Waals surface area contributed by atoms with E-state index < -0.39 is 11.9 Å². The summed E-state index contributed by atoms with van der Waals surface area (Å²) < 4.78 is 0. The first-order chi connectivity index (χ1) is 9.08. The van der Waals surface area contributed by atoms with Gasteiger partial charge < -0.3 is 16.2 Å². The molecule has 0 saturated carbocycles. The van der Waals surface area contributed by atoms with Crippen LogP contribution in [0, 0.1) is 0 Å². The highest BCUT2D eigenvalue weighted by Gasteiger charge is 2.16. The first-order valence-electron chi connectivity index (χ1n) is 5.44. The summed E-state index contributed by atoms with van der Waals surface area (Å²) in [6.07, 6.45) is 0. The Kier molecular flexibility index (Phi) is 3.42. The summed E-state index contributed by atoms with van der Waals surface area (Å²) in [5.41, 5.74) is 5.50. The Bertz CT molecular complexity index is 641. The Morgan fingerprint density at radius 3 is 2.37 bits per heavy atom. The lowest BCUT2D eigenvalue weighted by atomic mass is 10.1. The van der Waals surface area contributed by atoms with E-state index in [1.165, 1.54) is 12.1 Å². The molecule has 2 rings (SSSR count). The average molecular weight is 257 g/mol. The van der Waals surface area contributed by atoms with Crippen molar-refractivity contribution in [2.24, 2.45) is 0 Å². The van der Waals surface area contributed by atoms with E-state index in [1.807, 2.05) is 0 Å². The third kappa shape index (κ3) is 2.86. The predicted molar refractivity (Wildman–Crippen MR) is 70.0 cm³/mol. The predicted octanol–water partition coefficient (Wildman–Crippen LogP) is 1.61. The molecule has 0 bridgehead atoms. The molecule has 0 saturated heterocycles. The van der Waals surface area contributed by atoms with Crippen LogP contribution in [-0.4, -0.2) is 22.0 Å². The molecule has 19 heavy (non-hydrogen) atoms. The van der Waals surface area contributed by atoms with Gasteiger partial charge in [-0.25, -0.2) is 9.78 Å².